The summed E-state index contributed by atoms with van der Waals surface area (Å²) in [6.45, 7) is 5.57. The summed E-state index contributed by atoms with van der Waals surface area (Å²) < 4.78 is 0. The van der Waals surface area contributed by atoms with Gasteiger partial charge in [-0.25, -0.2) is 0 Å². The van der Waals surface area contributed by atoms with Crippen LogP contribution in [0.15, 0.2) is 24.8 Å². The minimum absolute atomic E-state index is 0.977. The van der Waals surface area contributed by atoms with Crippen LogP contribution in [0.3, 0.4) is 0 Å². The van der Waals surface area contributed by atoms with Gasteiger partial charge < -0.3 is 0 Å². The molecule has 0 aromatic heterocycles. The second-order valence-electron chi connectivity index (χ2n) is 1.29. The van der Waals surface area contributed by atoms with Crippen LogP contribution in [0.1, 0.15) is 13.3 Å². The maximum Gasteiger partial charge on any atom is -0.0172 e. The third-order valence-corrected chi connectivity index (χ3v) is 0.631. The Balaban J connectivity index is 2.92. The molecule has 0 unspecified atom stereocenters. The van der Waals surface area contributed by atoms with E-state index in [9.17, 15) is 0 Å². The largest absolute Gasteiger partial charge is 0.103 e. The Labute approximate surface area is 45.5 Å². The van der Waals surface area contributed by atoms with E-state index in [-0.39, 0.29) is 0 Å². The van der Waals surface area contributed by atoms with E-state index in [0.717, 1.165) is 6.42 Å². The molecule has 0 saturated heterocycles. The van der Waals surface area contributed by atoms with Crippen LogP contribution in [0.2, 0.25) is 0 Å². The minimum Gasteiger partial charge on any atom is -0.103 e. The van der Waals surface area contributed by atoms with Crippen LogP contribution >= 0.6 is 0 Å². The van der Waals surface area contributed by atoms with E-state index in [1.807, 2.05) is 25.5 Å². The van der Waals surface area contributed by atoms with Gasteiger partial charge in [-0.3, -0.25) is 0 Å². The molecule has 0 heterocycles. The summed E-state index contributed by atoms with van der Waals surface area (Å²) in [5.74, 6) is 0. The van der Waals surface area contributed by atoms with Crippen molar-refractivity contribution in [3.05, 3.63) is 31.2 Å². The molecule has 0 atom stereocenters. The molecule has 0 rings (SSSR count). The summed E-state index contributed by atoms with van der Waals surface area (Å²) in [6.07, 6.45) is 8.93. The molecule has 0 amide bonds. The zero-order valence-corrected chi connectivity index (χ0v) is 4.72. The van der Waals surface area contributed by atoms with Crippen molar-refractivity contribution in [3.8, 4) is 0 Å². The Hall–Kier alpha value is -0.520. The highest BCUT2D eigenvalue weighted by Gasteiger charge is 1.63. The Morgan fingerprint density at radius 1 is 1.57 bits per heavy atom. The predicted molar refractivity (Wildman–Crippen MR) is 33.9 cm³/mol. The SMILES string of the molecule is C=CCC=C[CH]C. The van der Waals surface area contributed by atoms with Gasteiger partial charge >= 0.3 is 0 Å². The molecule has 7 heavy (non-hydrogen) atoms. The first-order valence-electron chi connectivity index (χ1n) is 2.47. The van der Waals surface area contributed by atoms with Crippen LogP contribution in [0.5, 0.6) is 0 Å². The van der Waals surface area contributed by atoms with Crippen LogP contribution in [0.25, 0.3) is 0 Å². The van der Waals surface area contributed by atoms with Crippen molar-refractivity contribution in [1.29, 1.82) is 0 Å². The normalized spacial score (nSPS) is 9.86. The maximum atomic E-state index is 3.57. The molecule has 0 aliphatic heterocycles. The Bertz CT molecular complexity index is 60.4. The van der Waals surface area contributed by atoms with E-state index < -0.39 is 0 Å². The molecule has 0 bridgehead atoms. The van der Waals surface area contributed by atoms with Crippen LogP contribution in [0.4, 0.5) is 0 Å². The number of hydrogen-bond acceptors (Lipinski definition) is 0. The number of hydrogen-bond donors (Lipinski definition) is 0. The predicted octanol–water partition coefficient (Wildman–Crippen LogP) is 2.34. The summed E-state index contributed by atoms with van der Waals surface area (Å²) in [4.78, 5) is 0. The molecule has 0 nitrogen and oxygen atoms in total. The fraction of sp³-hybridized carbons (Fsp3) is 0.286. The van der Waals surface area contributed by atoms with Crippen LogP contribution in [-0.4, -0.2) is 0 Å². The van der Waals surface area contributed by atoms with E-state index >= 15 is 0 Å². The second kappa shape index (κ2) is 5.48. The van der Waals surface area contributed by atoms with E-state index in [1.54, 1.807) is 0 Å². The van der Waals surface area contributed by atoms with Crippen molar-refractivity contribution >= 4 is 0 Å². The van der Waals surface area contributed by atoms with Crippen molar-refractivity contribution < 1.29 is 0 Å². The van der Waals surface area contributed by atoms with Crippen LogP contribution < -0.4 is 0 Å². The lowest BCUT2D eigenvalue weighted by Crippen LogP contribution is -1.55. The Morgan fingerprint density at radius 2 is 2.29 bits per heavy atom. The Morgan fingerprint density at radius 3 is 2.71 bits per heavy atom. The molecule has 0 aliphatic rings. The fourth-order valence-corrected chi connectivity index (χ4v) is 0.311. The highest BCUT2D eigenvalue weighted by Crippen LogP contribution is 1.83. The molecule has 0 heteroatoms. The molecule has 0 fully saturated rings. The monoisotopic (exact) mass is 95.1 g/mol. The van der Waals surface area contributed by atoms with Gasteiger partial charge in [0.15, 0.2) is 0 Å². The van der Waals surface area contributed by atoms with Crippen molar-refractivity contribution in [2.75, 3.05) is 0 Å². The summed E-state index contributed by atoms with van der Waals surface area (Å²) in [7, 11) is 0. The number of allylic oxidation sites excluding steroid dienone is 3. The summed E-state index contributed by atoms with van der Waals surface area (Å²) in [5, 5.41) is 0. The van der Waals surface area contributed by atoms with Gasteiger partial charge in [-0.05, 0) is 12.8 Å². The minimum atomic E-state index is 0.977. The van der Waals surface area contributed by atoms with E-state index in [2.05, 4.69) is 12.7 Å². The quantitative estimate of drug-likeness (QED) is 0.472. The highest BCUT2D eigenvalue weighted by molar-refractivity contribution is 4.94. The zero-order valence-electron chi connectivity index (χ0n) is 4.72. The van der Waals surface area contributed by atoms with Gasteiger partial charge in [0.1, 0.15) is 0 Å². The van der Waals surface area contributed by atoms with Gasteiger partial charge in [-0.2, -0.15) is 0 Å². The first kappa shape index (κ1) is 6.48. The lowest BCUT2D eigenvalue weighted by molar-refractivity contribution is 1.38. The van der Waals surface area contributed by atoms with Crippen LogP contribution in [0, 0.1) is 6.42 Å². The van der Waals surface area contributed by atoms with Gasteiger partial charge in [0.05, 0.1) is 0 Å². The number of rotatable bonds is 3. The van der Waals surface area contributed by atoms with Gasteiger partial charge in [-0.15, -0.1) is 6.58 Å². The smallest absolute Gasteiger partial charge is 0.0172 e. The lowest BCUT2D eigenvalue weighted by Gasteiger charge is -1.74. The van der Waals surface area contributed by atoms with Crippen molar-refractivity contribution in [2.24, 2.45) is 0 Å². The van der Waals surface area contributed by atoms with Gasteiger partial charge in [0.2, 0.25) is 0 Å². The topological polar surface area (TPSA) is 0 Å². The standard InChI is InChI=1S/C7H11/c1-3-5-7-6-4-2/h3-4,6-7H,1,5H2,2H3. The van der Waals surface area contributed by atoms with E-state index in [1.165, 1.54) is 0 Å². The molecular weight excluding hydrogens is 84.1 g/mol. The third-order valence-electron chi connectivity index (χ3n) is 0.631. The Kier molecular flexibility index (Phi) is 5.07. The van der Waals surface area contributed by atoms with Crippen molar-refractivity contribution in [2.45, 2.75) is 13.3 Å². The fourth-order valence-electron chi connectivity index (χ4n) is 0.311. The van der Waals surface area contributed by atoms with Gasteiger partial charge in [0, 0.05) is 0 Å². The molecule has 0 aromatic rings. The van der Waals surface area contributed by atoms with Crippen molar-refractivity contribution in [1.82, 2.24) is 0 Å². The molecule has 1 radical (unpaired) electrons. The van der Waals surface area contributed by atoms with Crippen LogP contribution in [-0.2, 0) is 0 Å². The van der Waals surface area contributed by atoms with Gasteiger partial charge in [-0.1, -0.05) is 25.2 Å². The first-order valence-corrected chi connectivity index (χ1v) is 2.47. The maximum absolute atomic E-state index is 3.57. The molecule has 0 aromatic carbocycles. The van der Waals surface area contributed by atoms with E-state index in [0.29, 0.717) is 0 Å². The summed E-state index contributed by atoms with van der Waals surface area (Å²) in [5.41, 5.74) is 0. The molecule has 0 spiro atoms. The first-order chi connectivity index (χ1) is 3.41. The molecule has 0 aliphatic carbocycles. The van der Waals surface area contributed by atoms with Crippen molar-refractivity contribution in [3.63, 3.8) is 0 Å². The highest BCUT2D eigenvalue weighted by atomic mass is 13.7. The molecule has 39 valence electrons. The molecule has 0 N–H and O–H groups in total. The molecular formula is C7H11. The zero-order chi connectivity index (χ0) is 5.54. The summed E-state index contributed by atoms with van der Waals surface area (Å²) in [6, 6.07) is 0. The average Bonchev–Trinajstić information content (AvgIpc) is 1.69. The third kappa shape index (κ3) is 5.48. The lowest BCUT2D eigenvalue weighted by atomic mass is 10.3. The van der Waals surface area contributed by atoms with E-state index in [4.69, 9.17) is 0 Å². The molecule has 0 saturated carbocycles. The second-order valence-corrected chi connectivity index (χ2v) is 1.29. The summed E-state index contributed by atoms with van der Waals surface area (Å²) >= 11 is 0. The average molecular weight is 95.2 g/mol. The van der Waals surface area contributed by atoms with Gasteiger partial charge in [0.25, 0.3) is 0 Å².